The lowest BCUT2D eigenvalue weighted by molar-refractivity contribution is 0.163. The molecular weight excluding hydrogens is 172 g/mol. The van der Waals surface area contributed by atoms with Crippen molar-refractivity contribution in [2.24, 2.45) is 0 Å². The summed E-state index contributed by atoms with van der Waals surface area (Å²) in [6, 6.07) is 0. The number of rotatable bonds is 2. The van der Waals surface area contributed by atoms with Gasteiger partial charge < -0.3 is 9.47 Å². The number of hydrogen-bond acceptors (Lipinski definition) is 2. The Kier molecular flexibility index (Phi) is 2.91. The van der Waals surface area contributed by atoms with E-state index in [-0.39, 0.29) is 4.66 Å². The van der Waals surface area contributed by atoms with Gasteiger partial charge in [-0.1, -0.05) is 0 Å². The first kappa shape index (κ1) is 9.44. The first-order valence-corrected chi connectivity index (χ1v) is 4.43. The van der Waals surface area contributed by atoms with Gasteiger partial charge in [-0.15, -0.1) is 0 Å². The van der Waals surface area contributed by atoms with E-state index >= 15 is 0 Å². The van der Waals surface area contributed by atoms with Crippen LogP contribution in [0.25, 0.3) is 0 Å². The fraction of sp³-hybridized carbons (Fsp3) is 0.714. The van der Waals surface area contributed by atoms with Crippen LogP contribution < -0.4 is 0 Å². The monoisotopic (exact) mass is 182 g/mol. The minimum absolute atomic E-state index is 0.372. The van der Waals surface area contributed by atoms with E-state index in [0.29, 0.717) is 0 Å². The highest BCUT2D eigenvalue weighted by Gasteiger charge is 2.45. The Morgan fingerprint density at radius 1 is 1.09 bits per heavy atom. The van der Waals surface area contributed by atoms with Crippen molar-refractivity contribution in [1.82, 2.24) is 0 Å². The van der Waals surface area contributed by atoms with E-state index in [2.05, 4.69) is 20.5 Å². The van der Waals surface area contributed by atoms with Crippen LogP contribution in [0.3, 0.4) is 0 Å². The Morgan fingerprint density at radius 2 is 1.45 bits per heavy atom. The topological polar surface area (TPSA) is 18.5 Å². The molecule has 1 saturated carbocycles. The highest BCUT2D eigenvalue weighted by molar-refractivity contribution is 6.43. The molecule has 4 heteroatoms. The van der Waals surface area contributed by atoms with Gasteiger partial charge in [0.05, 0.1) is 12.2 Å². The van der Waals surface area contributed by atoms with E-state index < -0.39 is 0 Å². The molecule has 0 aromatic heterocycles. The summed E-state index contributed by atoms with van der Waals surface area (Å²) in [6.07, 6.45) is 3.74. The van der Waals surface area contributed by atoms with Crippen LogP contribution in [0.2, 0.25) is 4.66 Å². The van der Waals surface area contributed by atoms with Gasteiger partial charge >= 0.3 is 0 Å². The molecule has 1 fully saturated rings. The van der Waals surface area contributed by atoms with Crippen molar-refractivity contribution in [3.05, 3.63) is 12.2 Å². The molecule has 0 N–H and O–H groups in total. The van der Waals surface area contributed by atoms with E-state index in [1.54, 1.807) is 14.2 Å². The Labute approximate surface area is 74.5 Å². The van der Waals surface area contributed by atoms with Crippen molar-refractivity contribution < 1.29 is 9.47 Å². The van der Waals surface area contributed by atoms with Gasteiger partial charge in [-0.05, 0) is 12.8 Å². The van der Waals surface area contributed by atoms with Crippen LogP contribution in [-0.2, 0) is 9.47 Å². The molecule has 0 bridgehead atoms. The fourth-order valence-electron chi connectivity index (χ4n) is 1.27. The summed E-state index contributed by atoms with van der Waals surface area (Å²) >= 11 is 0. The van der Waals surface area contributed by atoms with E-state index in [1.165, 1.54) is 0 Å². The standard InChI is InChI=1S/C7H10O2Si2/c1-8-5-3-4-6(9-2)7(5,10)11/h3-4H2,1-2H3. The van der Waals surface area contributed by atoms with E-state index in [9.17, 15) is 0 Å². The molecule has 1 rings (SSSR count). The van der Waals surface area contributed by atoms with Crippen molar-refractivity contribution in [2.75, 3.05) is 14.2 Å². The second-order valence-electron chi connectivity index (χ2n) is 2.50. The zero-order valence-electron chi connectivity index (χ0n) is 6.73. The van der Waals surface area contributed by atoms with Crippen LogP contribution in [0, 0.1) is 12.2 Å². The molecule has 1 aliphatic carbocycles. The van der Waals surface area contributed by atoms with Crippen LogP contribution in [0.1, 0.15) is 12.8 Å². The maximum atomic E-state index is 5.18. The summed E-state index contributed by atoms with van der Waals surface area (Å²) < 4.78 is 9.98. The predicted molar refractivity (Wildman–Crippen MR) is 43.9 cm³/mol. The van der Waals surface area contributed by atoms with Gasteiger partial charge in [0.25, 0.3) is 0 Å². The molecule has 0 saturated heterocycles. The maximum Gasteiger partial charge on any atom is 0.0991 e. The first-order chi connectivity index (χ1) is 5.12. The quantitative estimate of drug-likeness (QED) is 0.582. The summed E-state index contributed by atoms with van der Waals surface area (Å²) in [5.74, 6) is 0. The molecule has 11 heavy (non-hydrogen) atoms. The van der Waals surface area contributed by atoms with Crippen molar-refractivity contribution in [2.45, 2.75) is 17.5 Å². The summed E-state index contributed by atoms with van der Waals surface area (Å²) in [4.78, 5) is 0. The minimum Gasteiger partial charge on any atom is -0.375 e. The van der Waals surface area contributed by atoms with Crippen LogP contribution in [0.4, 0.5) is 0 Å². The molecule has 0 aliphatic heterocycles. The van der Waals surface area contributed by atoms with Crippen LogP contribution in [0.15, 0.2) is 0 Å². The lowest BCUT2D eigenvalue weighted by Gasteiger charge is -2.28. The Morgan fingerprint density at radius 3 is 1.64 bits per heavy atom. The molecule has 0 amide bonds. The number of methoxy groups -OCH3 is 2. The number of hydrogen-bond donors (Lipinski definition) is 0. The van der Waals surface area contributed by atoms with E-state index in [1.807, 2.05) is 0 Å². The van der Waals surface area contributed by atoms with Crippen molar-refractivity contribution in [3.8, 4) is 0 Å². The summed E-state index contributed by atoms with van der Waals surface area (Å²) in [5.41, 5.74) is 0. The zero-order chi connectivity index (χ0) is 8.48. The van der Waals surface area contributed by atoms with Gasteiger partial charge in [-0.3, -0.25) is 0 Å². The predicted octanol–water partition coefficient (Wildman–Crippen LogP) is 0.590. The van der Waals surface area contributed by atoms with Gasteiger partial charge in [-0.2, -0.15) is 0 Å². The number of ether oxygens (including phenoxy) is 2. The third-order valence-corrected chi connectivity index (χ3v) is 3.02. The van der Waals surface area contributed by atoms with Gasteiger partial charge in [0, 0.05) is 39.4 Å². The molecule has 0 aromatic rings. The second-order valence-corrected chi connectivity index (χ2v) is 4.50. The molecule has 0 spiro atoms. The maximum absolute atomic E-state index is 5.18. The minimum atomic E-state index is -0.372. The normalized spacial score (nSPS) is 26.2. The largest absolute Gasteiger partial charge is 0.375 e. The fourth-order valence-corrected chi connectivity index (χ4v) is 2.18. The van der Waals surface area contributed by atoms with E-state index in [0.717, 1.165) is 25.0 Å². The summed E-state index contributed by atoms with van der Waals surface area (Å²) in [6.45, 7) is 0. The first-order valence-electron chi connectivity index (χ1n) is 3.43. The molecule has 0 aromatic carbocycles. The summed E-state index contributed by atoms with van der Waals surface area (Å²) in [7, 11) is 10.4. The van der Waals surface area contributed by atoms with Gasteiger partial charge in [0.15, 0.2) is 0 Å². The molecular formula is C7H10O2Si2. The average molecular weight is 182 g/mol. The molecule has 0 heterocycles. The Bertz CT molecular complexity index is 124. The summed E-state index contributed by atoms with van der Waals surface area (Å²) in [5, 5.41) is 0. The second kappa shape index (κ2) is 3.39. The van der Waals surface area contributed by atoms with Crippen molar-refractivity contribution in [1.29, 1.82) is 0 Å². The van der Waals surface area contributed by atoms with Crippen LogP contribution in [0.5, 0.6) is 0 Å². The average Bonchev–Trinajstić information content (AvgIpc) is 2.24. The molecule has 1 aliphatic rings. The third-order valence-electron chi connectivity index (χ3n) is 1.91. The van der Waals surface area contributed by atoms with Gasteiger partial charge in [0.1, 0.15) is 0 Å². The van der Waals surface area contributed by atoms with E-state index in [4.69, 9.17) is 9.47 Å². The Balaban J connectivity index is 2.64. The van der Waals surface area contributed by atoms with Crippen molar-refractivity contribution in [3.63, 3.8) is 0 Å². The smallest absolute Gasteiger partial charge is 0.0991 e. The Hall–Kier alpha value is 0.354. The molecule has 8 radical (unpaired) electrons. The molecule has 2 nitrogen and oxygen atoms in total. The van der Waals surface area contributed by atoms with Crippen LogP contribution in [-0.4, -0.2) is 34.7 Å². The van der Waals surface area contributed by atoms with Gasteiger partial charge in [0.2, 0.25) is 0 Å². The SMILES string of the molecule is CO[C]1CC[C](OC)C1([Si])[Si]. The van der Waals surface area contributed by atoms with Crippen LogP contribution >= 0.6 is 0 Å². The molecule has 58 valence electrons. The zero-order valence-corrected chi connectivity index (χ0v) is 8.73. The molecule has 0 atom stereocenters. The van der Waals surface area contributed by atoms with Crippen molar-refractivity contribution >= 4 is 20.5 Å². The lowest BCUT2D eigenvalue weighted by atomic mass is 10.2. The molecule has 0 unspecified atom stereocenters. The third kappa shape index (κ3) is 1.58. The highest BCUT2D eigenvalue weighted by Crippen LogP contribution is 2.52. The van der Waals surface area contributed by atoms with Gasteiger partial charge in [-0.25, -0.2) is 0 Å². The lowest BCUT2D eigenvalue weighted by Crippen LogP contribution is -2.24. The highest BCUT2D eigenvalue weighted by atomic mass is 28.2.